The minimum Gasteiger partial charge on any atom is -0.467 e. The highest BCUT2D eigenvalue weighted by atomic mass is 19.1. The summed E-state index contributed by atoms with van der Waals surface area (Å²) in [5.41, 5.74) is 5.88. The van der Waals surface area contributed by atoms with Crippen molar-refractivity contribution in [3.8, 4) is 0 Å². The van der Waals surface area contributed by atoms with Crippen molar-refractivity contribution in [2.24, 2.45) is 0 Å². The number of anilines is 1. The lowest BCUT2D eigenvalue weighted by atomic mass is 10.0. The molecule has 20 heavy (non-hydrogen) atoms. The fraction of sp³-hybridized carbons (Fsp3) is 0.429. The zero-order valence-electron chi connectivity index (χ0n) is 11.3. The second-order valence-electron chi connectivity index (χ2n) is 4.81. The van der Waals surface area contributed by atoms with Gasteiger partial charge in [0.2, 0.25) is 0 Å². The molecule has 0 saturated carbocycles. The molecule has 1 aromatic rings. The minimum absolute atomic E-state index is 0.151. The van der Waals surface area contributed by atoms with Gasteiger partial charge in [-0.2, -0.15) is 0 Å². The third kappa shape index (κ3) is 2.89. The second-order valence-corrected chi connectivity index (χ2v) is 4.81. The zero-order chi connectivity index (χ0) is 14.7. The molecule has 1 atom stereocenters. The van der Waals surface area contributed by atoms with Crippen LogP contribution in [0.5, 0.6) is 0 Å². The smallest absolute Gasteiger partial charge is 0.328 e. The van der Waals surface area contributed by atoms with Crippen molar-refractivity contribution < 1.29 is 18.7 Å². The summed E-state index contributed by atoms with van der Waals surface area (Å²) in [7, 11) is 1.29. The number of nitrogens with zero attached hydrogens (tertiary/aromatic N) is 1. The summed E-state index contributed by atoms with van der Waals surface area (Å²) in [6.45, 7) is 0.453. The Labute approximate surface area is 116 Å². The first kappa shape index (κ1) is 14.3. The van der Waals surface area contributed by atoms with Gasteiger partial charge >= 0.3 is 5.97 Å². The number of carbonyl (C=O) groups excluding carboxylic acids is 2. The maximum atomic E-state index is 13.3. The SMILES string of the molecule is COC(=O)C1CCCCN1C(=O)c1cc(N)cc(F)c1. The van der Waals surface area contributed by atoms with Crippen molar-refractivity contribution in [3.63, 3.8) is 0 Å². The van der Waals surface area contributed by atoms with E-state index in [1.165, 1.54) is 18.1 Å². The highest BCUT2D eigenvalue weighted by molar-refractivity contribution is 5.97. The first-order valence-electron chi connectivity index (χ1n) is 6.48. The monoisotopic (exact) mass is 280 g/mol. The van der Waals surface area contributed by atoms with Crippen LogP contribution in [0.3, 0.4) is 0 Å². The predicted octanol–water partition coefficient (Wildman–Crippen LogP) is 1.58. The molecule has 1 aromatic carbocycles. The van der Waals surface area contributed by atoms with Crippen LogP contribution in [0.4, 0.5) is 10.1 Å². The molecule has 0 radical (unpaired) electrons. The van der Waals surface area contributed by atoms with E-state index in [9.17, 15) is 14.0 Å². The van der Waals surface area contributed by atoms with Gasteiger partial charge in [0.15, 0.2) is 0 Å². The van der Waals surface area contributed by atoms with Crippen molar-refractivity contribution in [1.82, 2.24) is 4.90 Å². The van der Waals surface area contributed by atoms with Crippen LogP contribution in [0.1, 0.15) is 29.6 Å². The minimum atomic E-state index is -0.606. The van der Waals surface area contributed by atoms with Crippen LogP contribution in [0.25, 0.3) is 0 Å². The van der Waals surface area contributed by atoms with Crippen LogP contribution in [-0.4, -0.2) is 36.5 Å². The lowest BCUT2D eigenvalue weighted by Crippen LogP contribution is -2.48. The molecule has 1 aliphatic rings. The molecule has 6 heteroatoms. The van der Waals surface area contributed by atoms with Gasteiger partial charge in [-0.15, -0.1) is 0 Å². The Hall–Kier alpha value is -2.11. The normalized spacial score (nSPS) is 18.7. The van der Waals surface area contributed by atoms with Crippen molar-refractivity contribution >= 4 is 17.6 Å². The number of amides is 1. The van der Waals surface area contributed by atoms with Gasteiger partial charge in [0.1, 0.15) is 11.9 Å². The summed E-state index contributed by atoms with van der Waals surface area (Å²) in [6.07, 6.45) is 2.22. The maximum Gasteiger partial charge on any atom is 0.328 e. The van der Waals surface area contributed by atoms with Crippen LogP contribution in [0.15, 0.2) is 18.2 Å². The van der Waals surface area contributed by atoms with E-state index >= 15 is 0 Å². The summed E-state index contributed by atoms with van der Waals surface area (Å²) in [5.74, 6) is -1.41. The molecule has 0 aromatic heterocycles. The predicted molar refractivity (Wildman–Crippen MR) is 71.5 cm³/mol. The third-order valence-electron chi connectivity index (χ3n) is 3.40. The van der Waals surface area contributed by atoms with Crippen LogP contribution in [0, 0.1) is 5.82 Å². The molecule has 1 fully saturated rings. The number of rotatable bonds is 2. The second kappa shape index (κ2) is 5.90. The van der Waals surface area contributed by atoms with Gasteiger partial charge in [-0.25, -0.2) is 9.18 Å². The number of carbonyl (C=O) groups is 2. The van der Waals surface area contributed by atoms with E-state index < -0.39 is 23.7 Å². The summed E-state index contributed by atoms with van der Waals surface area (Å²) in [5, 5.41) is 0. The van der Waals surface area contributed by atoms with E-state index in [1.807, 2.05) is 0 Å². The molecular weight excluding hydrogens is 263 g/mol. The Morgan fingerprint density at radius 1 is 1.35 bits per heavy atom. The molecule has 5 nitrogen and oxygen atoms in total. The number of ether oxygens (including phenoxy) is 1. The molecule has 2 N–H and O–H groups in total. The molecule has 108 valence electrons. The lowest BCUT2D eigenvalue weighted by Gasteiger charge is -2.33. The van der Waals surface area contributed by atoms with Gasteiger partial charge in [0.05, 0.1) is 7.11 Å². The number of benzene rings is 1. The zero-order valence-corrected chi connectivity index (χ0v) is 11.3. The Morgan fingerprint density at radius 3 is 2.75 bits per heavy atom. The first-order valence-corrected chi connectivity index (χ1v) is 6.48. The van der Waals surface area contributed by atoms with Gasteiger partial charge in [0, 0.05) is 17.8 Å². The summed E-state index contributed by atoms with van der Waals surface area (Å²) < 4.78 is 18.1. The Morgan fingerprint density at radius 2 is 2.10 bits per heavy atom. The average Bonchev–Trinajstić information content (AvgIpc) is 2.44. The molecule has 1 heterocycles. The van der Waals surface area contributed by atoms with Gasteiger partial charge in [-0.3, -0.25) is 4.79 Å². The van der Waals surface area contributed by atoms with Crippen molar-refractivity contribution in [2.75, 3.05) is 19.4 Å². The summed E-state index contributed by atoms with van der Waals surface area (Å²) >= 11 is 0. The topological polar surface area (TPSA) is 72.6 Å². The fourth-order valence-corrected chi connectivity index (χ4v) is 2.46. The molecule has 1 amide bonds. The van der Waals surface area contributed by atoms with Gasteiger partial charge in [-0.05, 0) is 37.5 Å². The maximum absolute atomic E-state index is 13.3. The quantitative estimate of drug-likeness (QED) is 0.659. The molecule has 1 aliphatic heterocycles. The highest BCUT2D eigenvalue weighted by Gasteiger charge is 2.33. The van der Waals surface area contributed by atoms with Gasteiger partial charge < -0.3 is 15.4 Å². The fourth-order valence-electron chi connectivity index (χ4n) is 2.46. The number of nitrogens with two attached hydrogens (primary N) is 1. The van der Waals surface area contributed by atoms with Crippen molar-refractivity contribution in [3.05, 3.63) is 29.6 Å². The van der Waals surface area contributed by atoms with Crippen LogP contribution < -0.4 is 5.73 Å². The van der Waals surface area contributed by atoms with Crippen molar-refractivity contribution in [1.29, 1.82) is 0 Å². The summed E-state index contributed by atoms with van der Waals surface area (Å²) in [4.78, 5) is 25.6. The largest absolute Gasteiger partial charge is 0.467 e. The van der Waals surface area contributed by atoms with E-state index in [0.717, 1.165) is 25.0 Å². The molecule has 2 rings (SSSR count). The molecule has 1 unspecified atom stereocenters. The average molecular weight is 280 g/mol. The van der Waals surface area contributed by atoms with Crippen molar-refractivity contribution in [2.45, 2.75) is 25.3 Å². The Balaban J connectivity index is 2.27. The van der Waals surface area contributed by atoms with E-state index in [-0.39, 0.29) is 11.3 Å². The standard InChI is InChI=1S/C14H17FN2O3/c1-20-14(19)12-4-2-3-5-17(12)13(18)9-6-10(15)8-11(16)7-9/h6-8,12H,2-5,16H2,1H3. The van der Waals surface area contributed by atoms with Gasteiger partial charge in [0.25, 0.3) is 5.91 Å². The molecular formula is C14H17FN2O3. The molecule has 0 spiro atoms. The number of methoxy groups -OCH3 is 1. The number of esters is 1. The lowest BCUT2D eigenvalue weighted by molar-refractivity contribution is -0.147. The van der Waals surface area contributed by atoms with E-state index in [0.29, 0.717) is 13.0 Å². The third-order valence-corrected chi connectivity index (χ3v) is 3.40. The number of hydrogen-bond acceptors (Lipinski definition) is 4. The number of nitrogen functional groups attached to an aromatic ring is 1. The number of piperidine rings is 1. The van der Waals surface area contributed by atoms with Crippen LogP contribution >= 0.6 is 0 Å². The van der Waals surface area contributed by atoms with E-state index in [2.05, 4.69) is 0 Å². The number of likely N-dealkylation sites (tertiary alicyclic amines) is 1. The molecule has 1 saturated heterocycles. The number of halogens is 1. The number of hydrogen-bond donors (Lipinski definition) is 1. The van der Waals surface area contributed by atoms with E-state index in [1.54, 1.807) is 0 Å². The molecule has 0 bridgehead atoms. The van der Waals surface area contributed by atoms with E-state index in [4.69, 9.17) is 10.5 Å². The Kier molecular flexibility index (Phi) is 4.22. The Bertz CT molecular complexity index is 513. The highest BCUT2D eigenvalue weighted by Crippen LogP contribution is 2.22. The van der Waals surface area contributed by atoms with Crippen LogP contribution in [-0.2, 0) is 9.53 Å². The van der Waals surface area contributed by atoms with Crippen LogP contribution in [0.2, 0.25) is 0 Å². The first-order chi connectivity index (χ1) is 9.52. The van der Waals surface area contributed by atoms with Gasteiger partial charge in [-0.1, -0.05) is 0 Å². The molecule has 0 aliphatic carbocycles. The summed E-state index contributed by atoms with van der Waals surface area (Å²) in [6, 6.07) is 3.08.